The lowest BCUT2D eigenvalue weighted by Gasteiger charge is -2.08. The van der Waals surface area contributed by atoms with Gasteiger partial charge in [0.25, 0.3) is 0 Å². The maximum atomic E-state index is 12.5. The molecule has 3 aromatic rings. The van der Waals surface area contributed by atoms with Crippen molar-refractivity contribution >= 4 is 28.1 Å². The van der Waals surface area contributed by atoms with E-state index >= 15 is 0 Å². The van der Waals surface area contributed by atoms with Gasteiger partial charge in [0.05, 0.1) is 17.7 Å². The van der Waals surface area contributed by atoms with Crippen LogP contribution in [0.5, 0.6) is 0 Å². The summed E-state index contributed by atoms with van der Waals surface area (Å²) in [5.74, 6) is -0.333. The number of furan rings is 1. The molecule has 3 aromatic heterocycles. The van der Waals surface area contributed by atoms with E-state index in [-0.39, 0.29) is 15.7 Å². The van der Waals surface area contributed by atoms with E-state index in [0.29, 0.717) is 23.4 Å². The highest BCUT2D eigenvalue weighted by Crippen LogP contribution is 2.24. The van der Waals surface area contributed by atoms with Crippen molar-refractivity contribution in [1.29, 1.82) is 0 Å². The molecule has 0 aliphatic rings. The van der Waals surface area contributed by atoms with Crippen LogP contribution in [0, 0.1) is 24.0 Å². The molecule has 0 unspecified atom stereocenters. The lowest BCUT2D eigenvalue weighted by Crippen LogP contribution is -2.14. The summed E-state index contributed by atoms with van der Waals surface area (Å²) in [6, 6.07) is 7.92. The molecule has 9 heteroatoms. The molecule has 0 radical (unpaired) electrons. The number of rotatable bonds is 7. The molecule has 8 nitrogen and oxygen atoms in total. The highest BCUT2D eigenvalue weighted by Gasteiger charge is 2.20. The highest BCUT2D eigenvalue weighted by atomic mass is 32.1. The Morgan fingerprint density at radius 1 is 1.30 bits per heavy atom. The van der Waals surface area contributed by atoms with Gasteiger partial charge >= 0.3 is 11.0 Å². The lowest BCUT2D eigenvalue weighted by molar-refractivity contribution is -0.380. The number of ether oxygens (including phenoxy) is 1. The summed E-state index contributed by atoms with van der Waals surface area (Å²) in [6.07, 6.45) is 1.59. The zero-order valence-corrected chi connectivity index (χ0v) is 15.4. The molecule has 0 saturated heterocycles. The Morgan fingerprint density at radius 3 is 2.70 bits per heavy atom. The first-order valence-corrected chi connectivity index (χ1v) is 8.82. The molecule has 0 spiro atoms. The quantitative estimate of drug-likeness (QED) is 0.264. The first-order valence-electron chi connectivity index (χ1n) is 8.00. The van der Waals surface area contributed by atoms with Gasteiger partial charge in [0.2, 0.25) is 5.78 Å². The summed E-state index contributed by atoms with van der Waals surface area (Å²) in [5.41, 5.74) is 2.09. The van der Waals surface area contributed by atoms with Gasteiger partial charge in [-0.15, -0.1) is 0 Å². The van der Waals surface area contributed by atoms with Crippen LogP contribution in [-0.4, -0.2) is 27.8 Å². The van der Waals surface area contributed by atoms with Gasteiger partial charge in [-0.2, -0.15) is 0 Å². The molecule has 0 N–H and O–H groups in total. The fourth-order valence-corrected chi connectivity index (χ4v) is 3.41. The van der Waals surface area contributed by atoms with Crippen LogP contribution < -0.4 is 0 Å². The van der Waals surface area contributed by atoms with Crippen LogP contribution in [0.1, 0.15) is 37.2 Å². The summed E-state index contributed by atoms with van der Waals surface area (Å²) < 4.78 is 12.3. The normalized spacial score (nSPS) is 10.7. The monoisotopic (exact) mass is 388 g/mol. The second-order valence-corrected chi connectivity index (χ2v) is 6.91. The number of ketones is 1. The van der Waals surface area contributed by atoms with Crippen molar-refractivity contribution in [2.75, 3.05) is 6.61 Å². The van der Waals surface area contributed by atoms with Crippen molar-refractivity contribution in [3.8, 4) is 0 Å². The van der Waals surface area contributed by atoms with Crippen molar-refractivity contribution in [2.24, 2.45) is 0 Å². The first-order chi connectivity index (χ1) is 12.9. The molecule has 0 aliphatic heterocycles. The van der Waals surface area contributed by atoms with Gasteiger partial charge in [0, 0.05) is 23.0 Å². The number of hydrogen-bond donors (Lipinski definition) is 0. The maximum Gasteiger partial charge on any atom is 0.349 e. The van der Waals surface area contributed by atoms with Gasteiger partial charge in [-0.1, -0.05) is 11.3 Å². The minimum Gasteiger partial charge on any atom is -0.467 e. The highest BCUT2D eigenvalue weighted by molar-refractivity contribution is 7.17. The SMILES string of the molecule is Cc1cc(C(=O)COC(=O)c2ccc([N+](=O)[O-])s2)c(C)n1Cc1ccco1. The predicted molar refractivity (Wildman–Crippen MR) is 97.3 cm³/mol. The van der Waals surface area contributed by atoms with Gasteiger partial charge in [-0.3, -0.25) is 14.9 Å². The molecule has 0 amide bonds. The lowest BCUT2D eigenvalue weighted by atomic mass is 10.1. The largest absolute Gasteiger partial charge is 0.467 e. The fourth-order valence-electron chi connectivity index (χ4n) is 2.70. The van der Waals surface area contributed by atoms with E-state index in [1.165, 1.54) is 12.1 Å². The van der Waals surface area contributed by atoms with Crippen molar-refractivity contribution in [1.82, 2.24) is 4.57 Å². The summed E-state index contributed by atoms with van der Waals surface area (Å²) in [4.78, 5) is 34.6. The van der Waals surface area contributed by atoms with E-state index in [4.69, 9.17) is 9.15 Å². The predicted octanol–water partition coefficient (Wildman–Crippen LogP) is 3.76. The third kappa shape index (κ3) is 3.98. The standard InChI is InChI=1S/C18H16N2O6S/c1-11-8-14(12(2)19(11)9-13-4-3-7-25-13)15(21)10-26-18(22)16-5-6-17(27-16)20(23)24/h3-8H,9-10H2,1-2H3. The fraction of sp³-hybridized carbons (Fsp3) is 0.222. The minimum atomic E-state index is -0.758. The first kappa shape index (κ1) is 18.6. The van der Waals surface area contributed by atoms with E-state index in [1.807, 2.05) is 24.5 Å². The average molecular weight is 388 g/mol. The Morgan fingerprint density at radius 2 is 2.07 bits per heavy atom. The second-order valence-electron chi connectivity index (χ2n) is 5.84. The Hall–Kier alpha value is -3.20. The number of nitro groups is 1. The molecule has 0 aliphatic carbocycles. The van der Waals surface area contributed by atoms with E-state index in [0.717, 1.165) is 17.1 Å². The molecule has 0 saturated carbocycles. The number of esters is 1. The molecule has 0 fully saturated rings. The van der Waals surface area contributed by atoms with Crippen LogP contribution in [0.3, 0.4) is 0 Å². The van der Waals surface area contributed by atoms with E-state index in [9.17, 15) is 19.7 Å². The molecule has 0 atom stereocenters. The van der Waals surface area contributed by atoms with Gasteiger partial charge in [0.1, 0.15) is 10.6 Å². The summed E-state index contributed by atoms with van der Waals surface area (Å²) in [7, 11) is 0. The van der Waals surface area contributed by atoms with Crippen molar-refractivity contribution in [3.05, 3.63) is 74.3 Å². The van der Waals surface area contributed by atoms with Gasteiger partial charge in [0.15, 0.2) is 6.61 Å². The molecule has 3 rings (SSSR count). The minimum absolute atomic E-state index is 0.0813. The average Bonchev–Trinajstić information content (AvgIpc) is 3.36. The molecule has 0 aromatic carbocycles. The summed E-state index contributed by atoms with van der Waals surface area (Å²) >= 11 is 0.709. The molecule has 0 bridgehead atoms. The number of carbonyl (C=O) groups is 2. The van der Waals surface area contributed by atoms with Crippen molar-refractivity contribution < 1.29 is 23.7 Å². The van der Waals surface area contributed by atoms with Gasteiger partial charge in [-0.25, -0.2) is 4.79 Å². The van der Waals surface area contributed by atoms with Crippen LogP contribution in [0.4, 0.5) is 5.00 Å². The van der Waals surface area contributed by atoms with E-state index in [1.54, 1.807) is 18.4 Å². The Balaban J connectivity index is 1.67. The third-order valence-corrected chi connectivity index (χ3v) is 5.09. The van der Waals surface area contributed by atoms with Crippen LogP contribution >= 0.6 is 11.3 Å². The zero-order valence-electron chi connectivity index (χ0n) is 14.6. The zero-order chi connectivity index (χ0) is 19.6. The summed E-state index contributed by atoms with van der Waals surface area (Å²) in [6.45, 7) is 3.75. The van der Waals surface area contributed by atoms with Gasteiger partial charge in [-0.05, 0) is 38.1 Å². The van der Waals surface area contributed by atoms with Crippen molar-refractivity contribution in [3.63, 3.8) is 0 Å². The molecule has 140 valence electrons. The smallest absolute Gasteiger partial charge is 0.349 e. The maximum absolute atomic E-state index is 12.5. The van der Waals surface area contributed by atoms with Crippen LogP contribution in [0.15, 0.2) is 41.0 Å². The Kier molecular flexibility index (Phi) is 5.22. The summed E-state index contributed by atoms with van der Waals surface area (Å²) in [5, 5.41) is 10.5. The number of thiophene rings is 1. The van der Waals surface area contributed by atoms with Crippen molar-refractivity contribution in [2.45, 2.75) is 20.4 Å². The topological polar surface area (TPSA) is 105 Å². The third-order valence-electron chi connectivity index (χ3n) is 4.08. The van der Waals surface area contributed by atoms with Crippen LogP contribution in [0.25, 0.3) is 0 Å². The van der Waals surface area contributed by atoms with Crippen LogP contribution in [-0.2, 0) is 11.3 Å². The number of aryl methyl sites for hydroxylation is 1. The van der Waals surface area contributed by atoms with E-state index < -0.39 is 17.5 Å². The molecule has 3 heterocycles. The number of aromatic nitrogens is 1. The second kappa shape index (κ2) is 7.58. The number of hydrogen-bond acceptors (Lipinski definition) is 7. The Bertz CT molecular complexity index is 999. The van der Waals surface area contributed by atoms with Crippen LogP contribution in [0.2, 0.25) is 0 Å². The Labute approximate surface area is 158 Å². The molecular formula is C18H16N2O6S. The van der Waals surface area contributed by atoms with E-state index in [2.05, 4.69) is 0 Å². The number of nitrogens with zero attached hydrogens (tertiary/aromatic N) is 2. The molecule has 27 heavy (non-hydrogen) atoms. The molecular weight excluding hydrogens is 372 g/mol. The van der Waals surface area contributed by atoms with Gasteiger partial charge < -0.3 is 13.7 Å². The number of Topliss-reactive ketones (excluding diaryl/α,β-unsaturated/α-hetero) is 1. The number of carbonyl (C=O) groups excluding carboxylic acids is 2.